The Morgan fingerprint density at radius 3 is 2.65 bits per heavy atom. The van der Waals surface area contributed by atoms with E-state index in [0.29, 0.717) is 5.01 Å². The highest BCUT2D eigenvalue weighted by Gasteiger charge is 2.42. The first kappa shape index (κ1) is 22.7. The van der Waals surface area contributed by atoms with Gasteiger partial charge in [0.15, 0.2) is 0 Å². The van der Waals surface area contributed by atoms with Gasteiger partial charge in [-0.15, -0.1) is 11.3 Å². The van der Waals surface area contributed by atoms with Gasteiger partial charge in [-0.2, -0.15) is 14.0 Å². The Bertz CT molecular complexity index is 1110. The average molecular weight is 464 g/mol. The van der Waals surface area contributed by atoms with Crippen molar-refractivity contribution in [3.05, 3.63) is 70.7 Å². The molecule has 0 bridgehead atoms. The fourth-order valence-corrected chi connectivity index (χ4v) is 3.44. The van der Waals surface area contributed by atoms with Gasteiger partial charge in [-0.1, -0.05) is 54.9 Å². The lowest BCUT2D eigenvalue weighted by atomic mass is 10.1. The minimum atomic E-state index is -4.21. The molecule has 0 unspecified atom stereocenters. The molecule has 0 amide bonds. The molecule has 0 aliphatic carbocycles. The van der Waals surface area contributed by atoms with Crippen molar-refractivity contribution in [3.63, 3.8) is 0 Å². The van der Waals surface area contributed by atoms with Crippen LogP contribution in [0, 0.1) is 11.3 Å². The van der Waals surface area contributed by atoms with Gasteiger partial charge >= 0.3 is 6.11 Å². The van der Waals surface area contributed by atoms with Crippen LogP contribution in [-0.2, 0) is 6.42 Å². The molecular formula is C22H17ClF3N3OS. The maximum atomic E-state index is 13.5. The van der Waals surface area contributed by atoms with Crippen LogP contribution in [-0.4, -0.2) is 16.7 Å². The molecule has 0 spiro atoms. The molecule has 31 heavy (non-hydrogen) atoms. The highest BCUT2D eigenvalue weighted by Crippen LogP contribution is 2.34. The standard InChI is InChI=1S/C22H17ClF3N3OS/c1-2-14-7-9-15(10-8-14)18-13-31-20(29-18)16(11-27)12-28-17-5-3-4-6-19(17)30-22(25,26)21(23)24/h3-10,12-13,21,28H,2H2,1H3/b16-12+/t21-/m1/s1. The Labute approximate surface area is 186 Å². The Morgan fingerprint density at radius 1 is 1.29 bits per heavy atom. The first-order chi connectivity index (χ1) is 14.8. The van der Waals surface area contributed by atoms with Crippen LogP contribution >= 0.6 is 22.9 Å². The molecule has 0 saturated carbocycles. The summed E-state index contributed by atoms with van der Waals surface area (Å²) in [6, 6.07) is 15.7. The number of hydrogen-bond donors (Lipinski definition) is 1. The number of nitrogens with zero attached hydrogens (tertiary/aromatic N) is 2. The van der Waals surface area contributed by atoms with E-state index in [1.54, 1.807) is 6.07 Å². The highest BCUT2D eigenvalue weighted by molar-refractivity contribution is 7.11. The number of rotatable bonds is 8. The van der Waals surface area contributed by atoms with Crippen LogP contribution in [0.4, 0.5) is 18.9 Å². The van der Waals surface area contributed by atoms with Crippen molar-refractivity contribution in [2.75, 3.05) is 5.32 Å². The van der Waals surface area contributed by atoms with Crippen LogP contribution in [0.3, 0.4) is 0 Å². The van der Waals surface area contributed by atoms with Crippen molar-refractivity contribution in [2.24, 2.45) is 0 Å². The number of allylic oxidation sites excluding steroid dienone is 1. The zero-order valence-corrected chi connectivity index (χ0v) is 17.9. The number of alkyl halides is 4. The Kier molecular flexibility index (Phi) is 7.21. The fourth-order valence-electron chi connectivity index (χ4n) is 2.60. The van der Waals surface area contributed by atoms with Gasteiger partial charge in [-0.25, -0.2) is 9.37 Å². The molecule has 0 aliphatic rings. The van der Waals surface area contributed by atoms with Crippen LogP contribution in [0.25, 0.3) is 16.8 Å². The van der Waals surface area contributed by atoms with Gasteiger partial charge in [0.25, 0.3) is 5.63 Å². The molecule has 4 nitrogen and oxygen atoms in total. The van der Waals surface area contributed by atoms with Gasteiger partial charge in [0.05, 0.1) is 11.4 Å². The maximum absolute atomic E-state index is 13.5. The second-order valence-electron chi connectivity index (χ2n) is 6.36. The number of aryl methyl sites for hydroxylation is 1. The summed E-state index contributed by atoms with van der Waals surface area (Å²) in [6.45, 7) is 2.07. The van der Waals surface area contributed by atoms with Crippen molar-refractivity contribution in [1.29, 1.82) is 5.26 Å². The van der Waals surface area contributed by atoms with Crippen LogP contribution in [0.1, 0.15) is 17.5 Å². The van der Waals surface area contributed by atoms with Gasteiger partial charge in [-0.3, -0.25) is 0 Å². The summed E-state index contributed by atoms with van der Waals surface area (Å²) in [5, 5.41) is 14.6. The van der Waals surface area contributed by atoms with Crippen molar-refractivity contribution < 1.29 is 17.9 Å². The zero-order valence-electron chi connectivity index (χ0n) is 16.3. The topological polar surface area (TPSA) is 57.9 Å². The number of nitrogens with one attached hydrogen (secondary N) is 1. The van der Waals surface area contributed by atoms with E-state index >= 15 is 0 Å². The molecular weight excluding hydrogens is 447 g/mol. The predicted molar refractivity (Wildman–Crippen MR) is 117 cm³/mol. The van der Waals surface area contributed by atoms with Gasteiger partial charge in [-0.05, 0) is 24.1 Å². The molecule has 0 saturated heterocycles. The quantitative estimate of drug-likeness (QED) is 0.293. The van der Waals surface area contributed by atoms with Crippen LogP contribution in [0.15, 0.2) is 60.1 Å². The molecule has 1 atom stereocenters. The second kappa shape index (κ2) is 9.86. The summed E-state index contributed by atoms with van der Waals surface area (Å²) in [5.41, 5.74) is 0.158. The number of hydrogen-bond acceptors (Lipinski definition) is 5. The largest absolute Gasteiger partial charge is 0.444 e. The SMILES string of the molecule is CCc1ccc(-c2csc(/C(C#N)=C/Nc3ccccc3OC(F)(F)[C@@H](F)Cl)n2)cc1. The van der Waals surface area contributed by atoms with Crippen molar-refractivity contribution >= 4 is 34.2 Å². The third-order valence-corrected chi connectivity index (χ3v) is 5.40. The number of para-hydroxylation sites is 2. The molecule has 0 fully saturated rings. The molecule has 1 N–H and O–H groups in total. The Balaban J connectivity index is 1.81. The zero-order chi connectivity index (χ0) is 22.4. The molecule has 0 aliphatic heterocycles. The number of benzene rings is 2. The van der Waals surface area contributed by atoms with E-state index in [2.05, 4.69) is 22.0 Å². The average Bonchev–Trinajstić information content (AvgIpc) is 3.25. The molecule has 9 heteroatoms. The molecule has 1 aromatic heterocycles. The molecule has 0 radical (unpaired) electrons. The fraction of sp³-hybridized carbons (Fsp3) is 0.182. The number of thiazole rings is 1. The second-order valence-corrected chi connectivity index (χ2v) is 7.60. The summed E-state index contributed by atoms with van der Waals surface area (Å²) in [6.07, 6.45) is -1.95. The number of ether oxygens (including phenoxy) is 1. The van der Waals surface area contributed by atoms with E-state index in [1.165, 1.54) is 41.3 Å². The normalized spacial score (nSPS) is 12.8. The van der Waals surface area contributed by atoms with E-state index in [4.69, 9.17) is 11.6 Å². The third-order valence-electron chi connectivity index (χ3n) is 4.27. The van der Waals surface area contributed by atoms with E-state index in [9.17, 15) is 18.4 Å². The van der Waals surface area contributed by atoms with Gasteiger partial charge in [0, 0.05) is 17.1 Å². The lowest BCUT2D eigenvalue weighted by Crippen LogP contribution is -2.33. The number of halogens is 4. The molecule has 1 heterocycles. The highest BCUT2D eigenvalue weighted by atomic mass is 35.5. The first-order valence-corrected chi connectivity index (χ1v) is 10.5. The van der Waals surface area contributed by atoms with Crippen molar-refractivity contribution in [2.45, 2.75) is 25.1 Å². The number of aromatic nitrogens is 1. The minimum Gasteiger partial charge on any atom is -0.427 e. The smallest absolute Gasteiger partial charge is 0.427 e. The van der Waals surface area contributed by atoms with Gasteiger partial charge in [0.2, 0.25) is 0 Å². The molecule has 160 valence electrons. The summed E-state index contributed by atoms with van der Waals surface area (Å²) >= 11 is 6.13. The van der Waals surface area contributed by atoms with Gasteiger partial charge in [0.1, 0.15) is 22.4 Å². The Morgan fingerprint density at radius 2 is 2.00 bits per heavy atom. The maximum Gasteiger partial charge on any atom is 0.444 e. The van der Waals surface area contributed by atoms with E-state index in [0.717, 1.165) is 17.7 Å². The van der Waals surface area contributed by atoms with E-state index < -0.39 is 11.7 Å². The molecule has 3 rings (SSSR count). The third kappa shape index (κ3) is 5.57. The summed E-state index contributed by atoms with van der Waals surface area (Å²) in [7, 11) is 0. The summed E-state index contributed by atoms with van der Waals surface area (Å²) < 4.78 is 44.3. The summed E-state index contributed by atoms with van der Waals surface area (Å²) in [5.74, 6) is -0.319. The van der Waals surface area contributed by atoms with Crippen LogP contribution < -0.4 is 10.1 Å². The minimum absolute atomic E-state index is 0.110. The molecule has 3 aromatic rings. The number of anilines is 1. The van der Waals surface area contributed by atoms with Crippen LogP contribution in [0.5, 0.6) is 5.75 Å². The molecule has 2 aromatic carbocycles. The summed E-state index contributed by atoms with van der Waals surface area (Å²) in [4.78, 5) is 4.49. The van der Waals surface area contributed by atoms with E-state index in [1.807, 2.05) is 35.7 Å². The van der Waals surface area contributed by atoms with Crippen molar-refractivity contribution in [3.8, 4) is 23.1 Å². The predicted octanol–water partition coefficient (Wildman–Crippen LogP) is 6.86. The first-order valence-electron chi connectivity index (χ1n) is 9.20. The number of nitriles is 1. The Hall–Kier alpha value is -3.02. The van der Waals surface area contributed by atoms with E-state index in [-0.39, 0.29) is 17.0 Å². The lowest BCUT2D eigenvalue weighted by Gasteiger charge is -2.19. The monoisotopic (exact) mass is 463 g/mol. The van der Waals surface area contributed by atoms with Crippen LogP contribution in [0.2, 0.25) is 0 Å². The van der Waals surface area contributed by atoms with Gasteiger partial charge < -0.3 is 10.1 Å². The lowest BCUT2D eigenvalue weighted by molar-refractivity contribution is -0.198. The van der Waals surface area contributed by atoms with Crippen molar-refractivity contribution in [1.82, 2.24) is 4.98 Å².